The molecule has 0 radical (unpaired) electrons. The average molecular weight is 349 g/mol. The van der Waals surface area contributed by atoms with Gasteiger partial charge < -0.3 is 9.84 Å². The van der Waals surface area contributed by atoms with Crippen LogP contribution in [0.5, 0.6) is 0 Å². The molecule has 2 aromatic carbocycles. The molecule has 1 spiro atoms. The summed E-state index contributed by atoms with van der Waals surface area (Å²) in [6, 6.07) is 15.6. The fraction of sp³-hybridized carbons (Fsp3) is 0.333. The lowest BCUT2D eigenvalue weighted by Gasteiger charge is -2.45. The van der Waals surface area contributed by atoms with Crippen LogP contribution in [-0.2, 0) is 9.53 Å². The predicted molar refractivity (Wildman–Crippen MR) is 94.9 cm³/mol. The molecule has 1 N–H and O–H groups in total. The number of amides is 1. The Labute approximate surface area is 151 Å². The van der Waals surface area contributed by atoms with Gasteiger partial charge in [-0.2, -0.15) is 0 Å². The first kappa shape index (κ1) is 15.4. The molecule has 1 saturated heterocycles. The highest BCUT2D eigenvalue weighted by Crippen LogP contribution is 2.58. The van der Waals surface area contributed by atoms with Crippen LogP contribution in [0.1, 0.15) is 29.9 Å². The number of carbonyl (C=O) groups is 2. The summed E-state index contributed by atoms with van der Waals surface area (Å²) in [5.41, 5.74) is 4.47. The first-order valence-corrected chi connectivity index (χ1v) is 8.95. The SMILES string of the molecule is O=C(O)[C@@H]1N(C(=O)OCC2c3ccccc3-c3ccccc32)CC12CC2. The van der Waals surface area contributed by atoms with Crippen molar-refractivity contribution < 1.29 is 19.4 Å². The highest BCUT2D eigenvalue weighted by Gasteiger charge is 2.65. The van der Waals surface area contributed by atoms with Gasteiger partial charge in [0.15, 0.2) is 0 Å². The Morgan fingerprint density at radius 1 is 1.04 bits per heavy atom. The number of likely N-dealkylation sites (tertiary alicyclic amines) is 1. The zero-order valence-corrected chi connectivity index (χ0v) is 14.2. The average Bonchev–Trinajstić information content (AvgIpc) is 3.37. The number of hydrogen-bond acceptors (Lipinski definition) is 3. The molecule has 5 rings (SSSR count). The Hall–Kier alpha value is -2.82. The normalized spacial score (nSPS) is 21.7. The molecule has 1 amide bonds. The molecule has 3 aliphatic rings. The molecule has 0 aromatic heterocycles. The molecular weight excluding hydrogens is 330 g/mol. The van der Waals surface area contributed by atoms with E-state index < -0.39 is 18.1 Å². The fourth-order valence-electron chi connectivity index (χ4n) is 4.57. The molecule has 5 heteroatoms. The third kappa shape index (κ3) is 2.09. The second-order valence-corrected chi connectivity index (χ2v) is 7.54. The molecule has 1 aliphatic heterocycles. The molecule has 1 heterocycles. The number of rotatable bonds is 3. The molecule has 1 saturated carbocycles. The number of fused-ring (bicyclic) bond motifs is 3. The van der Waals surface area contributed by atoms with E-state index in [1.54, 1.807) is 0 Å². The van der Waals surface area contributed by atoms with Crippen LogP contribution >= 0.6 is 0 Å². The van der Waals surface area contributed by atoms with Crippen LogP contribution in [0.4, 0.5) is 4.79 Å². The number of carboxylic acid groups (broad SMARTS) is 1. The number of benzene rings is 2. The first-order chi connectivity index (χ1) is 12.6. The number of aliphatic carboxylic acids is 1. The third-order valence-electron chi connectivity index (χ3n) is 6.07. The highest BCUT2D eigenvalue weighted by atomic mass is 16.6. The van der Waals surface area contributed by atoms with E-state index in [1.165, 1.54) is 16.0 Å². The number of ether oxygens (including phenoxy) is 1. The Morgan fingerprint density at radius 3 is 2.15 bits per heavy atom. The topological polar surface area (TPSA) is 66.8 Å². The summed E-state index contributed by atoms with van der Waals surface area (Å²) in [6.07, 6.45) is 1.26. The van der Waals surface area contributed by atoms with Crippen LogP contribution in [0, 0.1) is 5.41 Å². The summed E-state index contributed by atoms with van der Waals surface area (Å²) < 4.78 is 5.57. The smallest absolute Gasteiger partial charge is 0.410 e. The van der Waals surface area contributed by atoms with Gasteiger partial charge in [-0.15, -0.1) is 0 Å². The number of hydrogen-bond donors (Lipinski definition) is 1. The van der Waals surface area contributed by atoms with E-state index in [0.29, 0.717) is 6.54 Å². The van der Waals surface area contributed by atoms with Gasteiger partial charge in [-0.05, 0) is 35.1 Å². The van der Waals surface area contributed by atoms with E-state index in [0.717, 1.165) is 24.0 Å². The van der Waals surface area contributed by atoms with Crippen molar-refractivity contribution in [3.8, 4) is 11.1 Å². The van der Waals surface area contributed by atoms with Crippen molar-refractivity contribution >= 4 is 12.1 Å². The minimum Gasteiger partial charge on any atom is -0.480 e. The van der Waals surface area contributed by atoms with Crippen LogP contribution in [-0.4, -0.2) is 41.3 Å². The van der Waals surface area contributed by atoms with Crippen molar-refractivity contribution in [2.45, 2.75) is 24.8 Å². The monoisotopic (exact) mass is 349 g/mol. The van der Waals surface area contributed by atoms with Crippen molar-refractivity contribution in [2.75, 3.05) is 13.2 Å². The van der Waals surface area contributed by atoms with Crippen LogP contribution in [0.15, 0.2) is 48.5 Å². The van der Waals surface area contributed by atoms with Gasteiger partial charge in [0.05, 0.1) is 0 Å². The number of carbonyl (C=O) groups excluding carboxylic acids is 1. The molecule has 0 unspecified atom stereocenters. The van der Waals surface area contributed by atoms with Gasteiger partial charge in [0.1, 0.15) is 12.6 Å². The highest BCUT2D eigenvalue weighted by molar-refractivity contribution is 5.84. The second-order valence-electron chi connectivity index (χ2n) is 7.54. The summed E-state index contributed by atoms with van der Waals surface area (Å²) in [7, 11) is 0. The van der Waals surface area contributed by atoms with Gasteiger partial charge in [-0.1, -0.05) is 48.5 Å². The maximum absolute atomic E-state index is 12.5. The van der Waals surface area contributed by atoms with Gasteiger partial charge in [0, 0.05) is 17.9 Å². The Kier molecular flexibility index (Phi) is 3.17. The predicted octanol–water partition coefficient (Wildman–Crippen LogP) is 3.48. The lowest BCUT2D eigenvalue weighted by atomic mass is 9.85. The maximum atomic E-state index is 12.5. The van der Waals surface area contributed by atoms with Crippen molar-refractivity contribution in [3.63, 3.8) is 0 Å². The first-order valence-electron chi connectivity index (χ1n) is 8.95. The summed E-state index contributed by atoms with van der Waals surface area (Å²) in [5, 5.41) is 9.42. The standard InChI is InChI=1S/C21H19NO4/c23-19(24)18-21(9-10-21)12-22(18)20(25)26-11-17-15-7-3-1-5-13(15)14-6-2-4-8-16(14)17/h1-8,17-18H,9-12H2,(H,23,24)/t18-/m0/s1. The van der Waals surface area contributed by atoms with Gasteiger partial charge in [0.25, 0.3) is 0 Å². The van der Waals surface area contributed by atoms with E-state index in [-0.39, 0.29) is 17.9 Å². The van der Waals surface area contributed by atoms with Crippen molar-refractivity contribution in [1.29, 1.82) is 0 Å². The summed E-state index contributed by atoms with van der Waals surface area (Å²) >= 11 is 0. The van der Waals surface area contributed by atoms with Gasteiger partial charge in [-0.3, -0.25) is 4.90 Å². The summed E-state index contributed by atoms with van der Waals surface area (Å²) in [6.45, 7) is 0.726. The van der Waals surface area contributed by atoms with Crippen molar-refractivity contribution in [2.24, 2.45) is 5.41 Å². The lowest BCUT2D eigenvalue weighted by Crippen LogP contribution is -2.63. The maximum Gasteiger partial charge on any atom is 0.410 e. The third-order valence-corrected chi connectivity index (χ3v) is 6.07. The molecule has 2 fully saturated rings. The quantitative estimate of drug-likeness (QED) is 0.921. The van der Waals surface area contributed by atoms with Crippen LogP contribution < -0.4 is 0 Å². The Balaban J connectivity index is 1.34. The number of nitrogens with zero attached hydrogens (tertiary/aromatic N) is 1. The lowest BCUT2D eigenvalue weighted by molar-refractivity contribution is -0.153. The molecule has 132 valence electrons. The van der Waals surface area contributed by atoms with Crippen LogP contribution in [0.2, 0.25) is 0 Å². The molecule has 1 atom stereocenters. The minimum absolute atomic E-state index is 0.00853. The van der Waals surface area contributed by atoms with Gasteiger partial charge in [-0.25, -0.2) is 9.59 Å². The Morgan fingerprint density at radius 2 is 1.62 bits per heavy atom. The molecule has 2 aromatic rings. The zero-order valence-electron chi connectivity index (χ0n) is 14.2. The van der Waals surface area contributed by atoms with Crippen molar-refractivity contribution in [3.05, 3.63) is 59.7 Å². The molecule has 5 nitrogen and oxygen atoms in total. The minimum atomic E-state index is -0.928. The molecule has 2 aliphatic carbocycles. The molecular formula is C21H19NO4. The van der Waals surface area contributed by atoms with Crippen molar-refractivity contribution in [1.82, 2.24) is 4.90 Å². The van der Waals surface area contributed by atoms with Gasteiger partial charge in [0.2, 0.25) is 0 Å². The Bertz CT molecular complexity index is 872. The van der Waals surface area contributed by atoms with E-state index >= 15 is 0 Å². The largest absolute Gasteiger partial charge is 0.480 e. The van der Waals surface area contributed by atoms with E-state index in [9.17, 15) is 14.7 Å². The molecule has 0 bridgehead atoms. The molecule has 26 heavy (non-hydrogen) atoms. The van der Waals surface area contributed by atoms with Crippen LogP contribution in [0.3, 0.4) is 0 Å². The van der Waals surface area contributed by atoms with E-state index in [2.05, 4.69) is 24.3 Å². The summed E-state index contributed by atoms with van der Waals surface area (Å²) in [5.74, 6) is -0.937. The number of carboxylic acids is 1. The fourth-order valence-corrected chi connectivity index (χ4v) is 4.57. The second kappa shape index (κ2) is 5.34. The zero-order chi connectivity index (χ0) is 17.9. The summed E-state index contributed by atoms with van der Waals surface area (Å²) in [4.78, 5) is 25.3. The van der Waals surface area contributed by atoms with E-state index in [4.69, 9.17) is 4.74 Å². The van der Waals surface area contributed by atoms with E-state index in [1.807, 2.05) is 24.3 Å². The van der Waals surface area contributed by atoms with Crippen LogP contribution in [0.25, 0.3) is 11.1 Å². The van der Waals surface area contributed by atoms with Gasteiger partial charge >= 0.3 is 12.1 Å².